The molecule has 0 saturated heterocycles. The number of phenols is 1. The van der Waals surface area contributed by atoms with E-state index in [9.17, 15) is 18.3 Å². The predicted octanol–water partition coefficient (Wildman–Crippen LogP) is 2.30. The minimum Gasteiger partial charge on any atom is -0.506 e. The number of rotatable bonds is 5. The summed E-state index contributed by atoms with van der Waals surface area (Å²) in [7, 11) is -0.732. The van der Waals surface area contributed by atoms with Crippen LogP contribution in [-0.2, 0) is 10.2 Å². The van der Waals surface area contributed by atoms with Gasteiger partial charge in [0, 0.05) is 19.7 Å². The number of amides is 1. The first kappa shape index (κ1) is 21.3. The van der Waals surface area contributed by atoms with Crippen LogP contribution in [0.3, 0.4) is 0 Å². The van der Waals surface area contributed by atoms with Crippen LogP contribution < -0.4 is 10.0 Å². The molecule has 3 rings (SSSR count). The first-order valence-electron chi connectivity index (χ1n) is 9.27. The van der Waals surface area contributed by atoms with Gasteiger partial charge in [0.25, 0.3) is 5.91 Å². The maximum atomic E-state index is 12.0. The summed E-state index contributed by atoms with van der Waals surface area (Å²) >= 11 is 0. The Morgan fingerprint density at radius 3 is 2.53 bits per heavy atom. The second-order valence-corrected chi connectivity index (χ2v) is 8.22. The summed E-state index contributed by atoms with van der Waals surface area (Å²) in [6.45, 7) is 1.95. The van der Waals surface area contributed by atoms with Gasteiger partial charge < -0.3 is 15.3 Å². The second-order valence-electron chi connectivity index (χ2n) is 6.89. The molecule has 0 saturated carbocycles. The summed E-state index contributed by atoms with van der Waals surface area (Å²) in [5.41, 5.74) is 1.43. The normalized spacial score (nSPS) is 17.2. The molecule has 2 aromatic carbocycles. The molecule has 0 aromatic heterocycles. The third-order valence-corrected chi connectivity index (χ3v) is 5.30. The van der Waals surface area contributed by atoms with Crippen molar-refractivity contribution in [2.45, 2.75) is 19.4 Å². The Balaban J connectivity index is 1.91. The molecule has 158 valence electrons. The molecular weight excluding hydrogens is 406 g/mol. The third-order valence-electron chi connectivity index (χ3n) is 4.42. The van der Waals surface area contributed by atoms with Crippen molar-refractivity contribution in [3.05, 3.63) is 59.7 Å². The van der Waals surface area contributed by atoms with Crippen molar-refractivity contribution in [3.8, 4) is 5.75 Å². The Kier molecular flexibility index (Phi) is 6.06. The highest BCUT2D eigenvalue weighted by Gasteiger charge is 2.28. The molecule has 1 amide bonds. The van der Waals surface area contributed by atoms with Crippen LogP contribution in [0.15, 0.2) is 57.9 Å². The van der Waals surface area contributed by atoms with Gasteiger partial charge in [0.1, 0.15) is 5.75 Å². The van der Waals surface area contributed by atoms with Gasteiger partial charge in [-0.15, -0.1) is 4.40 Å². The quantitative estimate of drug-likeness (QED) is 0.629. The number of hydrogen-bond acceptors (Lipinski definition) is 6. The van der Waals surface area contributed by atoms with Crippen LogP contribution in [0.4, 0.5) is 5.69 Å². The van der Waals surface area contributed by atoms with E-state index in [1.807, 2.05) is 37.3 Å². The monoisotopic (exact) mass is 429 g/mol. The van der Waals surface area contributed by atoms with Crippen molar-refractivity contribution in [1.82, 2.24) is 9.62 Å². The lowest BCUT2D eigenvalue weighted by molar-refractivity contribution is 0.0827. The van der Waals surface area contributed by atoms with Crippen LogP contribution in [0.1, 0.15) is 35.3 Å². The highest BCUT2D eigenvalue weighted by Crippen LogP contribution is 2.26. The molecule has 3 N–H and O–H groups in total. The van der Waals surface area contributed by atoms with E-state index in [1.165, 1.54) is 23.1 Å². The second kappa shape index (κ2) is 8.54. The van der Waals surface area contributed by atoms with Crippen molar-refractivity contribution in [3.63, 3.8) is 0 Å². The van der Waals surface area contributed by atoms with E-state index in [2.05, 4.69) is 19.4 Å². The smallest absolute Gasteiger partial charge is 0.345 e. The fourth-order valence-electron chi connectivity index (χ4n) is 2.91. The summed E-state index contributed by atoms with van der Waals surface area (Å²) < 4.78 is 30.0. The average molecular weight is 430 g/mol. The lowest BCUT2D eigenvalue weighted by atomic mass is 10.1. The fourth-order valence-corrected chi connectivity index (χ4v) is 3.73. The van der Waals surface area contributed by atoms with E-state index in [0.717, 1.165) is 5.56 Å². The zero-order valence-electron chi connectivity index (χ0n) is 16.8. The number of carbonyl (C=O) groups excluding carboxylic acids is 1. The van der Waals surface area contributed by atoms with Crippen LogP contribution in [0.2, 0.25) is 0 Å². The minimum atomic E-state index is -3.94. The molecule has 0 spiro atoms. The Morgan fingerprint density at radius 2 is 1.93 bits per heavy atom. The molecule has 0 bridgehead atoms. The van der Waals surface area contributed by atoms with Crippen molar-refractivity contribution < 1.29 is 18.3 Å². The molecule has 1 aliphatic rings. The zero-order valence-corrected chi connectivity index (χ0v) is 17.6. The minimum absolute atomic E-state index is 0.0358. The number of benzene rings is 2. The Hall–Kier alpha value is -3.40. The number of carbonyl (C=O) groups is 1. The van der Waals surface area contributed by atoms with Gasteiger partial charge in [-0.1, -0.05) is 37.3 Å². The Labute approximate surface area is 175 Å². The van der Waals surface area contributed by atoms with Gasteiger partial charge in [0.15, 0.2) is 11.7 Å². The number of aliphatic imine (C=N–C) groups is 1. The molecule has 1 aliphatic heterocycles. The predicted molar refractivity (Wildman–Crippen MR) is 116 cm³/mol. The van der Waals surface area contributed by atoms with E-state index in [-0.39, 0.29) is 35.1 Å². The number of nitrogens with one attached hydrogen (secondary N) is 2. The van der Waals surface area contributed by atoms with Crippen LogP contribution in [0.5, 0.6) is 5.75 Å². The Bertz CT molecular complexity index is 1110. The molecule has 0 radical (unpaired) electrons. The number of hydrogen-bond donors (Lipinski definition) is 3. The highest BCUT2D eigenvalue weighted by molar-refractivity contribution is 7.89. The van der Waals surface area contributed by atoms with E-state index in [4.69, 9.17) is 0 Å². The molecular formula is C20H23N5O4S. The van der Waals surface area contributed by atoms with Crippen molar-refractivity contribution in [1.29, 1.82) is 0 Å². The molecule has 0 unspecified atom stereocenters. The molecule has 1 atom stereocenters. The summed E-state index contributed by atoms with van der Waals surface area (Å²) in [6, 6.07) is 13.5. The SMILES string of the molecule is CC[C@@H](N=C1NS(=O)(=O)N=C1Nc1ccc(C(=O)N(C)C)cc1O)c1ccccc1. The van der Waals surface area contributed by atoms with Crippen LogP contribution in [0, 0.1) is 0 Å². The fraction of sp³-hybridized carbons (Fsp3) is 0.250. The van der Waals surface area contributed by atoms with Gasteiger partial charge in [-0.3, -0.25) is 9.79 Å². The maximum absolute atomic E-state index is 12.0. The average Bonchev–Trinajstić information content (AvgIpc) is 3.00. The maximum Gasteiger partial charge on any atom is 0.345 e. The van der Waals surface area contributed by atoms with Crippen LogP contribution in [0.25, 0.3) is 0 Å². The van der Waals surface area contributed by atoms with E-state index < -0.39 is 10.2 Å². The third kappa shape index (κ3) is 4.77. The molecule has 0 fully saturated rings. The first-order valence-corrected chi connectivity index (χ1v) is 10.7. The van der Waals surface area contributed by atoms with Gasteiger partial charge in [-0.2, -0.15) is 8.42 Å². The van der Waals surface area contributed by atoms with E-state index >= 15 is 0 Å². The number of amidine groups is 2. The van der Waals surface area contributed by atoms with Gasteiger partial charge in [0.2, 0.25) is 0 Å². The van der Waals surface area contributed by atoms with E-state index in [0.29, 0.717) is 12.0 Å². The molecule has 0 aliphatic carbocycles. The van der Waals surface area contributed by atoms with Crippen molar-refractivity contribution in [2.75, 3.05) is 19.4 Å². The lowest BCUT2D eigenvalue weighted by Gasteiger charge is -2.14. The molecule has 1 heterocycles. The largest absolute Gasteiger partial charge is 0.506 e. The Morgan fingerprint density at radius 1 is 1.23 bits per heavy atom. The number of phenolic OH excluding ortho intramolecular Hbond substituents is 1. The van der Waals surface area contributed by atoms with Crippen LogP contribution in [-0.4, -0.2) is 50.1 Å². The van der Waals surface area contributed by atoms with Crippen molar-refractivity contribution >= 4 is 33.5 Å². The molecule has 10 heteroatoms. The summed E-state index contributed by atoms with van der Waals surface area (Å²) in [4.78, 5) is 18.0. The highest BCUT2D eigenvalue weighted by atomic mass is 32.2. The van der Waals surface area contributed by atoms with Gasteiger partial charge in [-0.25, -0.2) is 4.72 Å². The van der Waals surface area contributed by atoms with Crippen LogP contribution >= 0.6 is 0 Å². The topological polar surface area (TPSA) is 123 Å². The van der Waals surface area contributed by atoms with Gasteiger partial charge in [-0.05, 0) is 30.2 Å². The first-order chi connectivity index (χ1) is 14.2. The number of nitrogens with zero attached hydrogens (tertiary/aromatic N) is 3. The molecule has 2 aromatic rings. The van der Waals surface area contributed by atoms with E-state index in [1.54, 1.807) is 14.1 Å². The number of aromatic hydroxyl groups is 1. The standard InChI is InChI=1S/C20H23N5O4S/c1-4-15(13-8-6-5-7-9-13)21-18-19(24-30(28,29)23-18)22-16-11-10-14(12-17(16)26)20(27)25(2)3/h5-12,15,26H,4H2,1-3H3,(H,21,23)(H,22,24)/t15-/m1/s1. The van der Waals surface area contributed by atoms with Gasteiger partial charge >= 0.3 is 10.2 Å². The van der Waals surface area contributed by atoms with Gasteiger partial charge in [0.05, 0.1) is 11.7 Å². The summed E-state index contributed by atoms with van der Waals surface area (Å²) in [5.74, 6) is -0.468. The molecule has 30 heavy (non-hydrogen) atoms. The lowest BCUT2D eigenvalue weighted by Crippen LogP contribution is -2.31. The van der Waals surface area contributed by atoms with Crippen molar-refractivity contribution in [2.24, 2.45) is 9.39 Å². The molecule has 9 nitrogen and oxygen atoms in total. The number of anilines is 1. The summed E-state index contributed by atoms with van der Waals surface area (Å²) in [5, 5.41) is 13.1. The summed E-state index contributed by atoms with van der Waals surface area (Å²) in [6.07, 6.45) is 0.648. The zero-order chi connectivity index (χ0) is 21.9.